The van der Waals surface area contributed by atoms with Crippen molar-refractivity contribution in [2.45, 2.75) is 12.5 Å². The van der Waals surface area contributed by atoms with Crippen molar-refractivity contribution < 1.29 is 19.3 Å². The number of nitrogens with zero attached hydrogens (tertiary/aromatic N) is 5. The number of morpholine rings is 1. The average Bonchev–Trinajstić information content (AvgIpc) is 2.93. The number of rotatable bonds is 7. The van der Waals surface area contributed by atoms with Gasteiger partial charge < -0.3 is 24.2 Å². The summed E-state index contributed by atoms with van der Waals surface area (Å²) >= 11 is 0. The lowest BCUT2D eigenvalue weighted by Gasteiger charge is -2.29. The summed E-state index contributed by atoms with van der Waals surface area (Å²) in [5.74, 6) is 0.968. The second kappa shape index (κ2) is 10.2. The Morgan fingerprint density at radius 1 is 0.971 bits per heavy atom. The molecule has 0 spiro atoms. The van der Waals surface area contributed by atoms with E-state index in [2.05, 4.69) is 43.0 Å². The molecule has 1 unspecified atom stereocenters. The van der Waals surface area contributed by atoms with Crippen molar-refractivity contribution in [3.63, 3.8) is 0 Å². The lowest BCUT2D eigenvalue weighted by Crippen LogP contribution is -2.36. The van der Waals surface area contributed by atoms with Crippen LogP contribution in [0.4, 0.5) is 5.69 Å². The van der Waals surface area contributed by atoms with Gasteiger partial charge in [-0.25, -0.2) is 19.9 Å². The number of benzene rings is 2. The molecule has 1 saturated heterocycles. The van der Waals surface area contributed by atoms with E-state index in [1.54, 1.807) is 13.4 Å². The Morgan fingerprint density at radius 2 is 1.80 bits per heavy atom. The van der Waals surface area contributed by atoms with Crippen LogP contribution >= 0.6 is 0 Å². The third kappa shape index (κ3) is 4.73. The van der Waals surface area contributed by atoms with E-state index in [4.69, 9.17) is 14.2 Å². The van der Waals surface area contributed by atoms with Crippen LogP contribution in [-0.2, 0) is 11.2 Å². The van der Waals surface area contributed by atoms with Gasteiger partial charge in [0.1, 0.15) is 30.2 Å². The summed E-state index contributed by atoms with van der Waals surface area (Å²) in [5, 5.41) is 12.1. The largest absolute Gasteiger partial charge is 0.496 e. The predicted octanol–water partition coefficient (Wildman–Crippen LogP) is 2.95. The smallest absolute Gasteiger partial charge is 0.161 e. The molecular formula is C26H27N5O4. The zero-order valence-corrected chi connectivity index (χ0v) is 19.7. The number of aliphatic hydroxyl groups is 1. The molecule has 0 amide bonds. The van der Waals surface area contributed by atoms with E-state index in [0.29, 0.717) is 29.2 Å². The summed E-state index contributed by atoms with van der Waals surface area (Å²) in [6.45, 7) is 3.22. The minimum Gasteiger partial charge on any atom is -0.496 e. The second-order valence-electron chi connectivity index (χ2n) is 8.25. The monoisotopic (exact) mass is 473 g/mol. The van der Waals surface area contributed by atoms with E-state index in [1.807, 2.05) is 18.2 Å². The summed E-state index contributed by atoms with van der Waals surface area (Å²) in [6, 6.07) is 12.0. The molecule has 1 aliphatic rings. The van der Waals surface area contributed by atoms with Gasteiger partial charge in [-0.3, -0.25) is 0 Å². The molecule has 9 nitrogen and oxygen atoms in total. The molecule has 0 aliphatic carbocycles. The zero-order chi connectivity index (χ0) is 24.2. The molecule has 4 aromatic rings. The van der Waals surface area contributed by atoms with Gasteiger partial charge in [0.15, 0.2) is 5.75 Å². The van der Waals surface area contributed by atoms with Crippen molar-refractivity contribution in [3.8, 4) is 11.5 Å². The number of hydrogen-bond acceptors (Lipinski definition) is 9. The number of ether oxygens (including phenoxy) is 3. The van der Waals surface area contributed by atoms with Crippen LogP contribution in [0.2, 0.25) is 0 Å². The Morgan fingerprint density at radius 3 is 2.60 bits per heavy atom. The van der Waals surface area contributed by atoms with Gasteiger partial charge in [-0.05, 0) is 35.9 Å². The van der Waals surface area contributed by atoms with Crippen molar-refractivity contribution in [1.82, 2.24) is 19.9 Å². The standard InChI is InChI=1S/C26H27N5O4/c1-33-23-6-3-17(11-20(23)26(32)25-24(34-2)14-27-15-30-25)12-21-19-5-4-18(13-22(19)29-16-28-21)31-7-9-35-10-8-31/h3-6,11,13-16,26,32H,7-10,12H2,1-2H3. The molecular weight excluding hydrogens is 446 g/mol. The molecule has 5 rings (SSSR count). The Bertz CT molecular complexity index is 1330. The van der Waals surface area contributed by atoms with Crippen LogP contribution in [0.15, 0.2) is 55.2 Å². The Balaban J connectivity index is 1.46. The van der Waals surface area contributed by atoms with Crippen LogP contribution in [0.3, 0.4) is 0 Å². The predicted molar refractivity (Wildman–Crippen MR) is 131 cm³/mol. The maximum atomic E-state index is 11.1. The van der Waals surface area contributed by atoms with Gasteiger partial charge in [0.05, 0.1) is 44.8 Å². The third-order valence-electron chi connectivity index (χ3n) is 6.23. The first kappa shape index (κ1) is 22.9. The third-order valence-corrected chi connectivity index (χ3v) is 6.23. The van der Waals surface area contributed by atoms with Gasteiger partial charge in [-0.2, -0.15) is 0 Å². The molecule has 9 heteroatoms. The molecule has 1 atom stereocenters. The fraction of sp³-hybridized carbons (Fsp3) is 0.308. The first-order valence-corrected chi connectivity index (χ1v) is 11.4. The zero-order valence-electron chi connectivity index (χ0n) is 19.7. The second-order valence-corrected chi connectivity index (χ2v) is 8.25. The maximum absolute atomic E-state index is 11.1. The summed E-state index contributed by atoms with van der Waals surface area (Å²) in [7, 11) is 3.10. The van der Waals surface area contributed by atoms with Crippen molar-refractivity contribution in [3.05, 3.63) is 77.8 Å². The molecule has 0 saturated carbocycles. The van der Waals surface area contributed by atoms with Crippen LogP contribution in [0.1, 0.15) is 28.6 Å². The molecule has 0 bridgehead atoms. The highest BCUT2D eigenvalue weighted by atomic mass is 16.5. The number of aromatic nitrogens is 4. The van der Waals surface area contributed by atoms with Crippen LogP contribution in [0.5, 0.6) is 11.5 Å². The SMILES string of the molecule is COc1ccc(Cc2ncnc3cc(N4CCOCC4)ccc23)cc1C(O)c1ncncc1OC. The van der Waals surface area contributed by atoms with Crippen LogP contribution < -0.4 is 14.4 Å². The first-order valence-electron chi connectivity index (χ1n) is 11.4. The molecule has 0 radical (unpaired) electrons. The minimum atomic E-state index is -1.04. The fourth-order valence-corrected chi connectivity index (χ4v) is 4.40. The minimum absolute atomic E-state index is 0.376. The molecule has 3 heterocycles. The highest BCUT2D eigenvalue weighted by Crippen LogP contribution is 2.34. The quantitative estimate of drug-likeness (QED) is 0.434. The topological polar surface area (TPSA) is 103 Å². The summed E-state index contributed by atoms with van der Waals surface area (Å²) in [6.07, 6.45) is 4.04. The molecule has 1 N–H and O–H groups in total. The van der Waals surface area contributed by atoms with E-state index in [1.165, 1.54) is 19.6 Å². The summed E-state index contributed by atoms with van der Waals surface area (Å²) < 4.78 is 16.3. The fourth-order valence-electron chi connectivity index (χ4n) is 4.40. The van der Waals surface area contributed by atoms with Crippen molar-refractivity contribution in [1.29, 1.82) is 0 Å². The van der Waals surface area contributed by atoms with E-state index in [-0.39, 0.29) is 0 Å². The summed E-state index contributed by atoms with van der Waals surface area (Å²) in [4.78, 5) is 19.6. The first-order chi connectivity index (χ1) is 17.2. The van der Waals surface area contributed by atoms with Crippen molar-refractivity contribution in [2.24, 2.45) is 0 Å². The number of hydrogen-bond donors (Lipinski definition) is 1. The number of anilines is 1. The Hall–Kier alpha value is -3.82. The number of methoxy groups -OCH3 is 2. The van der Waals surface area contributed by atoms with Crippen molar-refractivity contribution >= 4 is 16.6 Å². The lowest BCUT2D eigenvalue weighted by atomic mass is 9.98. The van der Waals surface area contributed by atoms with Gasteiger partial charge in [0, 0.05) is 36.1 Å². The van der Waals surface area contributed by atoms with E-state index < -0.39 is 6.10 Å². The molecule has 1 fully saturated rings. The molecule has 180 valence electrons. The van der Waals surface area contributed by atoms with Gasteiger partial charge in [-0.15, -0.1) is 0 Å². The Labute approximate surface area is 203 Å². The van der Waals surface area contributed by atoms with E-state index >= 15 is 0 Å². The molecule has 2 aromatic heterocycles. The highest BCUT2D eigenvalue weighted by molar-refractivity contribution is 5.84. The number of aliphatic hydroxyl groups excluding tert-OH is 1. The van der Waals surface area contributed by atoms with Crippen LogP contribution in [0.25, 0.3) is 10.9 Å². The van der Waals surface area contributed by atoms with E-state index in [0.717, 1.165) is 54.2 Å². The van der Waals surface area contributed by atoms with Gasteiger partial charge in [0.2, 0.25) is 0 Å². The normalized spacial score (nSPS) is 14.7. The van der Waals surface area contributed by atoms with E-state index in [9.17, 15) is 5.11 Å². The molecule has 1 aliphatic heterocycles. The van der Waals surface area contributed by atoms with Gasteiger partial charge in [0.25, 0.3) is 0 Å². The lowest BCUT2D eigenvalue weighted by molar-refractivity contribution is 0.122. The molecule has 2 aromatic carbocycles. The van der Waals surface area contributed by atoms with Crippen LogP contribution in [0, 0.1) is 0 Å². The summed E-state index contributed by atoms with van der Waals surface area (Å²) in [5.41, 5.74) is 4.90. The van der Waals surface area contributed by atoms with Crippen molar-refractivity contribution in [2.75, 3.05) is 45.4 Å². The molecule has 35 heavy (non-hydrogen) atoms. The van der Waals surface area contributed by atoms with Gasteiger partial charge in [-0.1, -0.05) is 6.07 Å². The Kier molecular flexibility index (Phi) is 6.69. The number of fused-ring (bicyclic) bond motifs is 1. The average molecular weight is 474 g/mol. The van der Waals surface area contributed by atoms with Crippen LogP contribution in [-0.4, -0.2) is 65.6 Å². The maximum Gasteiger partial charge on any atom is 0.161 e. The highest BCUT2D eigenvalue weighted by Gasteiger charge is 2.22. The van der Waals surface area contributed by atoms with Gasteiger partial charge >= 0.3 is 0 Å².